The summed E-state index contributed by atoms with van der Waals surface area (Å²) in [5, 5.41) is 0. The van der Waals surface area contributed by atoms with E-state index < -0.39 is 0 Å². The molecule has 0 radical (unpaired) electrons. The monoisotopic (exact) mass is 253 g/mol. The van der Waals surface area contributed by atoms with Crippen LogP contribution >= 0.6 is 0 Å². The zero-order valence-electron chi connectivity index (χ0n) is 11.9. The molecule has 2 fully saturated rings. The van der Waals surface area contributed by atoms with E-state index in [9.17, 15) is 4.79 Å². The van der Waals surface area contributed by atoms with Gasteiger partial charge in [0.05, 0.1) is 6.04 Å². The molecule has 0 aromatic rings. The van der Waals surface area contributed by atoms with Gasteiger partial charge in [0.25, 0.3) is 0 Å². The van der Waals surface area contributed by atoms with Gasteiger partial charge in [0, 0.05) is 31.2 Å². The summed E-state index contributed by atoms with van der Waals surface area (Å²) in [6.07, 6.45) is 4.56. The maximum Gasteiger partial charge on any atom is 0.239 e. The van der Waals surface area contributed by atoms with Crippen molar-refractivity contribution in [3.63, 3.8) is 0 Å². The predicted octanol–water partition coefficient (Wildman–Crippen LogP) is 1.20. The smallest absolute Gasteiger partial charge is 0.239 e. The Morgan fingerprint density at radius 2 is 1.78 bits per heavy atom. The summed E-state index contributed by atoms with van der Waals surface area (Å²) in [4.78, 5) is 16.8. The number of piperidine rings is 1. The van der Waals surface area contributed by atoms with Crippen molar-refractivity contribution < 1.29 is 4.79 Å². The zero-order valence-corrected chi connectivity index (χ0v) is 11.9. The van der Waals surface area contributed by atoms with Crippen molar-refractivity contribution in [3.8, 4) is 0 Å². The third-order valence-electron chi connectivity index (χ3n) is 4.71. The second kappa shape index (κ2) is 5.57. The van der Waals surface area contributed by atoms with Gasteiger partial charge in [-0.1, -0.05) is 0 Å². The normalized spacial score (nSPS) is 33.4. The fourth-order valence-corrected chi connectivity index (χ4v) is 3.81. The van der Waals surface area contributed by atoms with Gasteiger partial charge in [-0.3, -0.25) is 9.69 Å². The van der Waals surface area contributed by atoms with E-state index >= 15 is 0 Å². The van der Waals surface area contributed by atoms with Crippen molar-refractivity contribution in [2.45, 2.75) is 70.6 Å². The lowest BCUT2D eigenvalue weighted by molar-refractivity contribution is -0.138. The number of nitrogens with zero attached hydrogens (tertiary/aromatic N) is 2. The topological polar surface area (TPSA) is 49.6 Å². The second-order valence-electron chi connectivity index (χ2n) is 5.75. The molecule has 2 saturated heterocycles. The molecule has 0 spiro atoms. The molecular weight excluding hydrogens is 226 g/mol. The van der Waals surface area contributed by atoms with Crippen molar-refractivity contribution in [2.75, 3.05) is 13.1 Å². The number of fused-ring (bicyclic) bond motifs is 2. The minimum atomic E-state index is 0.0231. The van der Waals surface area contributed by atoms with E-state index in [-0.39, 0.29) is 11.9 Å². The highest BCUT2D eigenvalue weighted by molar-refractivity contribution is 5.81. The van der Waals surface area contributed by atoms with E-state index in [2.05, 4.69) is 25.7 Å². The average Bonchev–Trinajstić information content (AvgIpc) is 2.62. The molecule has 0 saturated carbocycles. The van der Waals surface area contributed by atoms with Gasteiger partial charge in [-0.05, 0) is 46.5 Å². The Hall–Kier alpha value is -0.610. The minimum Gasteiger partial charge on any atom is -0.342 e. The summed E-state index contributed by atoms with van der Waals surface area (Å²) in [5.41, 5.74) is 6.08. The standard InChI is InChI=1S/C14H27N3O/c1-4-16(5-2)14(18)10(3)17-12-6-7-13(17)9-11(15)8-12/h10-13H,4-9,15H2,1-3H3. The first-order valence-electron chi connectivity index (χ1n) is 7.40. The van der Waals surface area contributed by atoms with E-state index in [1.165, 1.54) is 12.8 Å². The van der Waals surface area contributed by atoms with Crippen LogP contribution < -0.4 is 5.73 Å². The van der Waals surface area contributed by atoms with Crippen LogP contribution in [0.3, 0.4) is 0 Å². The molecule has 3 unspecified atom stereocenters. The van der Waals surface area contributed by atoms with Crippen LogP contribution in [0.4, 0.5) is 0 Å². The Bertz CT molecular complexity index is 289. The molecule has 4 heteroatoms. The molecule has 18 heavy (non-hydrogen) atoms. The summed E-state index contributed by atoms with van der Waals surface area (Å²) in [6.45, 7) is 7.79. The number of hydrogen-bond acceptors (Lipinski definition) is 3. The van der Waals surface area contributed by atoms with Gasteiger partial charge in [0.1, 0.15) is 0 Å². The first-order chi connectivity index (χ1) is 8.58. The number of rotatable bonds is 4. The van der Waals surface area contributed by atoms with E-state index in [4.69, 9.17) is 5.73 Å². The van der Waals surface area contributed by atoms with Gasteiger partial charge in [0.2, 0.25) is 5.91 Å². The van der Waals surface area contributed by atoms with E-state index in [0.717, 1.165) is 25.9 Å². The lowest BCUT2D eigenvalue weighted by atomic mass is 9.96. The van der Waals surface area contributed by atoms with Gasteiger partial charge in [0.15, 0.2) is 0 Å². The molecule has 2 aliphatic rings. The third kappa shape index (κ3) is 2.41. The molecule has 3 atom stereocenters. The SMILES string of the molecule is CCN(CC)C(=O)C(C)N1C2CCC1CC(N)C2. The van der Waals surface area contributed by atoms with Crippen LogP contribution in [-0.2, 0) is 4.79 Å². The van der Waals surface area contributed by atoms with Crippen LogP contribution in [0.1, 0.15) is 46.5 Å². The van der Waals surface area contributed by atoms with Crippen LogP contribution in [0.5, 0.6) is 0 Å². The molecule has 1 amide bonds. The number of carbonyl (C=O) groups excluding carboxylic acids is 1. The largest absolute Gasteiger partial charge is 0.342 e. The number of carbonyl (C=O) groups is 1. The molecule has 2 heterocycles. The van der Waals surface area contributed by atoms with Crippen LogP contribution in [0.2, 0.25) is 0 Å². The molecule has 104 valence electrons. The first kappa shape index (κ1) is 13.8. The van der Waals surface area contributed by atoms with Crippen molar-refractivity contribution in [1.29, 1.82) is 0 Å². The highest BCUT2D eigenvalue weighted by Crippen LogP contribution is 2.36. The Morgan fingerprint density at radius 1 is 1.28 bits per heavy atom. The molecule has 2 rings (SSSR count). The Labute approximate surface area is 110 Å². The Morgan fingerprint density at radius 3 is 2.22 bits per heavy atom. The van der Waals surface area contributed by atoms with Crippen molar-refractivity contribution in [2.24, 2.45) is 5.73 Å². The lowest BCUT2D eigenvalue weighted by Crippen LogP contribution is -2.56. The highest BCUT2D eigenvalue weighted by Gasteiger charge is 2.44. The van der Waals surface area contributed by atoms with Crippen LogP contribution in [0.15, 0.2) is 0 Å². The maximum absolute atomic E-state index is 12.5. The van der Waals surface area contributed by atoms with Crippen molar-refractivity contribution in [3.05, 3.63) is 0 Å². The van der Waals surface area contributed by atoms with E-state index in [1.54, 1.807) is 0 Å². The fourth-order valence-electron chi connectivity index (χ4n) is 3.81. The Kier molecular flexibility index (Phi) is 4.28. The van der Waals surface area contributed by atoms with Gasteiger partial charge in [-0.15, -0.1) is 0 Å². The van der Waals surface area contributed by atoms with E-state index in [0.29, 0.717) is 18.1 Å². The fraction of sp³-hybridized carbons (Fsp3) is 0.929. The summed E-state index contributed by atoms with van der Waals surface area (Å²) >= 11 is 0. The molecule has 0 aromatic heterocycles. The summed E-state index contributed by atoms with van der Waals surface area (Å²) in [6, 6.07) is 1.44. The number of likely N-dealkylation sites (N-methyl/N-ethyl adjacent to an activating group) is 1. The molecule has 4 nitrogen and oxygen atoms in total. The summed E-state index contributed by atoms with van der Waals surface area (Å²) in [5.74, 6) is 0.285. The maximum atomic E-state index is 12.5. The summed E-state index contributed by atoms with van der Waals surface area (Å²) < 4.78 is 0. The van der Waals surface area contributed by atoms with Crippen LogP contribution in [0, 0.1) is 0 Å². The quantitative estimate of drug-likeness (QED) is 0.819. The molecule has 0 aliphatic carbocycles. The third-order valence-corrected chi connectivity index (χ3v) is 4.71. The van der Waals surface area contributed by atoms with Crippen molar-refractivity contribution >= 4 is 5.91 Å². The van der Waals surface area contributed by atoms with Crippen LogP contribution in [0.25, 0.3) is 0 Å². The molecule has 2 aliphatic heterocycles. The predicted molar refractivity (Wildman–Crippen MR) is 73.2 cm³/mol. The molecule has 2 bridgehead atoms. The molecular formula is C14H27N3O. The average molecular weight is 253 g/mol. The minimum absolute atomic E-state index is 0.0231. The highest BCUT2D eigenvalue weighted by atomic mass is 16.2. The molecule has 0 aromatic carbocycles. The molecule has 2 N–H and O–H groups in total. The van der Waals surface area contributed by atoms with Crippen molar-refractivity contribution in [1.82, 2.24) is 9.80 Å². The lowest BCUT2D eigenvalue weighted by Gasteiger charge is -2.42. The number of nitrogens with two attached hydrogens (primary N) is 1. The van der Waals surface area contributed by atoms with Gasteiger partial charge < -0.3 is 10.6 Å². The second-order valence-corrected chi connectivity index (χ2v) is 5.75. The van der Waals surface area contributed by atoms with E-state index in [1.807, 2.05) is 4.90 Å². The number of amides is 1. The summed E-state index contributed by atoms with van der Waals surface area (Å²) in [7, 11) is 0. The van der Waals surface area contributed by atoms with Gasteiger partial charge in [-0.2, -0.15) is 0 Å². The first-order valence-corrected chi connectivity index (χ1v) is 7.40. The Balaban J connectivity index is 2.05. The van der Waals surface area contributed by atoms with Gasteiger partial charge in [-0.25, -0.2) is 0 Å². The van der Waals surface area contributed by atoms with Crippen LogP contribution in [-0.4, -0.2) is 53.0 Å². The zero-order chi connectivity index (χ0) is 13.3. The van der Waals surface area contributed by atoms with Gasteiger partial charge >= 0.3 is 0 Å². The number of hydrogen-bond donors (Lipinski definition) is 1.